The minimum Gasteiger partial charge on any atom is -0.480 e. The molecule has 0 aromatic carbocycles. The van der Waals surface area contributed by atoms with Gasteiger partial charge in [-0.1, -0.05) is 6.92 Å². The molecule has 16 heavy (non-hydrogen) atoms. The SMILES string of the molecule is CC[C@@H](NC(=O)N1CCNC(=O)C1)C(=O)O. The van der Waals surface area contributed by atoms with Gasteiger partial charge in [0.15, 0.2) is 0 Å². The molecule has 0 spiro atoms. The van der Waals surface area contributed by atoms with Crippen molar-refractivity contribution in [1.29, 1.82) is 0 Å². The van der Waals surface area contributed by atoms with Crippen LogP contribution in [0.3, 0.4) is 0 Å². The molecular weight excluding hydrogens is 214 g/mol. The zero-order valence-corrected chi connectivity index (χ0v) is 9.02. The molecule has 0 bridgehead atoms. The van der Waals surface area contributed by atoms with Crippen molar-refractivity contribution in [2.24, 2.45) is 0 Å². The summed E-state index contributed by atoms with van der Waals surface area (Å²) in [7, 11) is 0. The molecule has 1 saturated heterocycles. The van der Waals surface area contributed by atoms with Gasteiger partial charge in [0.25, 0.3) is 0 Å². The third-order valence-corrected chi connectivity index (χ3v) is 2.33. The van der Waals surface area contributed by atoms with Crippen LogP contribution in [0.25, 0.3) is 0 Å². The number of carboxylic acids is 1. The highest BCUT2D eigenvalue weighted by molar-refractivity contribution is 5.87. The second kappa shape index (κ2) is 5.34. The Labute approximate surface area is 92.8 Å². The highest BCUT2D eigenvalue weighted by atomic mass is 16.4. The summed E-state index contributed by atoms with van der Waals surface area (Å²) in [6.07, 6.45) is 0.307. The fraction of sp³-hybridized carbons (Fsp3) is 0.667. The topological polar surface area (TPSA) is 98.7 Å². The molecule has 0 unspecified atom stereocenters. The first-order valence-electron chi connectivity index (χ1n) is 5.09. The van der Waals surface area contributed by atoms with Gasteiger partial charge in [-0.3, -0.25) is 4.79 Å². The number of hydrogen-bond acceptors (Lipinski definition) is 3. The van der Waals surface area contributed by atoms with Crippen molar-refractivity contribution >= 4 is 17.9 Å². The number of nitrogens with zero attached hydrogens (tertiary/aromatic N) is 1. The molecule has 0 radical (unpaired) electrons. The Morgan fingerprint density at radius 2 is 2.31 bits per heavy atom. The lowest BCUT2D eigenvalue weighted by molar-refractivity contribution is -0.139. The quantitative estimate of drug-likeness (QED) is 0.577. The van der Waals surface area contributed by atoms with Crippen molar-refractivity contribution in [2.75, 3.05) is 19.6 Å². The number of carboxylic acid groups (broad SMARTS) is 1. The third-order valence-electron chi connectivity index (χ3n) is 2.33. The first-order valence-corrected chi connectivity index (χ1v) is 5.09. The van der Waals surface area contributed by atoms with Crippen LogP contribution in [-0.4, -0.2) is 53.6 Å². The van der Waals surface area contributed by atoms with Crippen LogP contribution in [0.1, 0.15) is 13.3 Å². The zero-order valence-electron chi connectivity index (χ0n) is 9.02. The zero-order chi connectivity index (χ0) is 12.1. The first kappa shape index (κ1) is 12.3. The van der Waals surface area contributed by atoms with Crippen molar-refractivity contribution in [3.05, 3.63) is 0 Å². The van der Waals surface area contributed by atoms with E-state index in [1.807, 2.05) is 0 Å². The number of aliphatic carboxylic acids is 1. The highest BCUT2D eigenvalue weighted by Gasteiger charge is 2.24. The molecule has 0 aliphatic carbocycles. The first-order chi connectivity index (χ1) is 7.54. The van der Waals surface area contributed by atoms with Gasteiger partial charge in [0.1, 0.15) is 12.6 Å². The maximum absolute atomic E-state index is 11.6. The van der Waals surface area contributed by atoms with Crippen molar-refractivity contribution < 1.29 is 19.5 Å². The lowest BCUT2D eigenvalue weighted by Crippen LogP contribution is -2.55. The number of rotatable bonds is 3. The second-order valence-corrected chi connectivity index (χ2v) is 3.52. The van der Waals surface area contributed by atoms with Gasteiger partial charge in [0.2, 0.25) is 5.91 Å². The standard InChI is InChI=1S/C9H15N3O4/c1-2-6(8(14)15)11-9(16)12-4-3-10-7(13)5-12/h6H,2-5H2,1H3,(H,10,13)(H,11,16)(H,14,15)/t6-/m1/s1. The van der Waals surface area contributed by atoms with Gasteiger partial charge in [0.05, 0.1) is 0 Å². The van der Waals surface area contributed by atoms with Crippen LogP contribution in [0.4, 0.5) is 4.79 Å². The predicted octanol–water partition coefficient (Wildman–Crippen LogP) is -1.01. The summed E-state index contributed by atoms with van der Waals surface area (Å²) in [5.74, 6) is -1.30. The fourth-order valence-electron chi connectivity index (χ4n) is 1.39. The van der Waals surface area contributed by atoms with Gasteiger partial charge in [0, 0.05) is 13.1 Å². The van der Waals surface area contributed by atoms with Gasteiger partial charge in [-0.05, 0) is 6.42 Å². The van der Waals surface area contributed by atoms with Crippen LogP contribution in [0.5, 0.6) is 0 Å². The number of hydrogen-bond donors (Lipinski definition) is 3. The Morgan fingerprint density at radius 3 is 2.81 bits per heavy atom. The van der Waals surface area contributed by atoms with Gasteiger partial charge < -0.3 is 20.6 Å². The molecule has 0 aromatic rings. The third kappa shape index (κ3) is 3.11. The number of nitrogens with one attached hydrogen (secondary N) is 2. The van der Waals surface area contributed by atoms with Crippen molar-refractivity contribution in [3.8, 4) is 0 Å². The molecule has 1 aliphatic heterocycles. The Hall–Kier alpha value is -1.79. The summed E-state index contributed by atoms with van der Waals surface area (Å²) in [5.41, 5.74) is 0. The fourth-order valence-corrected chi connectivity index (χ4v) is 1.39. The normalized spacial score (nSPS) is 17.6. The summed E-state index contributed by atoms with van der Waals surface area (Å²) in [6, 6.07) is -1.42. The molecule has 7 nitrogen and oxygen atoms in total. The maximum atomic E-state index is 11.6. The van der Waals surface area contributed by atoms with E-state index in [9.17, 15) is 14.4 Å². The van der Waals surface area contributed by atoms with Crippen molar-refractivity contribution in [2.45, 2.75) is 19.4 Å². The summed E-state index contributed by atoms with van der Waals surface area (Å²) >= 11 is 0. The van der Waals surface area contributed by atoms with E-state index < -0.39 is 18.0 Å². The Balaban J connectivity index is 2.50. The largest absolute Gasteiger partial charge is 0.480 e. The van der Waals surface area contributed by atoms with Crippen LogP contribution in [0, 0.1) is 0 Å². The molecule has 90 valence electrons. The number of carbonyl (C=O) groups is 3. The molecule has 0 aromatic heterocycles. The lowest BCUT2D eigenvalue weighted by Gasteiger charge is -2.27. The summed E-state index contributed by atoms with van der Waals surface area (Å²) in [5, 5.41) is 13.7. The van der Waals surface area contributed by atoms with E-state index >= 15 is 0 Å². The van der Waals surface area contributed by atoms with Crippen LogP contribution in [0.15, 0.2) is 0 Å². The number of piperazine rings is 1. The lowest BCUT2D eigenvalue weighted by atomic mass is 10.2. The molecule has 1 rings (SSSR count). The Morgan fingerprint density at radius 1 is 1.62 bits per heavy atom. The van der Waals surface area contributed by atoms with E-state index in [1.54, 1.807) is 6.92 Å². The number of carbonyl (C=O) groups excluding carboxylic acids is 2. The van der Waals surface area contributed by atoms with E-state index in [4.69, 9.17) is 5.11 Å². The van der Waals surface area contributed by atoms with Gasteiger partial charge in [-0.2, -0.15) is 0 Å². The Bertz CT molecular complexity index is 305. The van der Waals surface area contributed by atoms with Crippen LogP contribution < -0.4 is 10.6 Å². The van der Waals surface area contributed by atoms with Crippen LogP contribution >= 0.6 is 0 Å². The molecule has 7 heteroatoms. The molecular formula is C9H15N3O4. The van der Waals surface area contributed by atoms with E-state index in [2.05, 4.69) is 10.6 Å². The van der Waals surface area contributed by atoms with E-state index in [-0.39, 0.29) is 12.5 Å². The minimum atomic E-state index is -1.07. The maximum Gasteiger partial charge on any atom is 0.326 e. The minimum absolute atomic E-state index is 0.0259. The average molecular weight is 229 g/mol. The molecule has 1 aliphatic rings. The summed E-state index contributed by atoms with van der Waals surface area (Å²) < 4.78 is 0. The number of amides is 3. The van der Waals surface area contributed by atoms with Crippen molar-refractivity contribution in [3.63, 3.8) is 0 Å². The number of urea groups is 1. The van der Waals surface area contributed by atoms with Crippen LogP contribution in [-0.2, 0) is 9.59 Å². The summed E-state index contributed by atoms with van der Waals surface area (Å²) in [4.78, 5) is 34.6. The van der Waals surface area contributed by atoms with Gasteiger partial charge in [-0.25, -0.2) is 9.59 Å². The van der Waals surface area contributed by atoms with Crippen molar-refractivity contribution in [1.82, 2.24) is 15.5 Å². The van der Waals surface area contributed by atoms with E-state index in [1.165, 1.54) is 4.90 Å². The van der Waals surface area contributed by atoms with E-state index in [0.717, 1.165) is 0 Å². The van der Waals surface area contributed by atoms with E-state index in [0.29, 0.717) is 19.5 Å². The second-order valence-electron chi connectivity index (χ2n) is 3.52. The Kier molecular flexibility index (Phi) is 4.10. The molecule has 3 N–H and O–H groups in total. The average Bonchev–Trinajstić information content (AvgIpc) is 2.25. The molecule has 3 amide bonds. The van der Waals surface area contributed by atoms with Gasteiger partial charge >= 0.3 is 12.0 Å². The van der Waals surface area contributed by atoms with Gasteiger partial charge in [-0.15, -0.1) is 0 Å². The smallest absolute Gasteiger partial charge is 0.326 e. The molecule has 1 heterocycles. The predicted molar refractivity (Wildman–Crippen MR) is 54.8 cm³/mol. The molecule has 0 saturated carbocycles. The summed E-state index contributed by atoms with van der Waals surface area (Å²) in [6.45, 7) is 2.44. The molecule has 1 atom stereocenters. The van der Waals surface area contributed by atoms with Crippen LogP contribution in [0.2, 0.25) is 0 Å². The molecule has 1 fully saturated rings. The highest BCUT2D eigenvalue weighted by Crippen LogP contribution is 1.97. The monoisotopic (exact) mass is 229 g/mol.